The molecule has 1 N–H and O–H groups in total. The Morgan fingerprint density at radius 1 is 1.37 bits per heavy atom. The minimum absolute atomic E-state index is 0.0110. The molecule has 2 unspecified atom stereocenters. The molecule has 1 fully saturated rings. The first-order chi connectivity index (χ1) is 13.2. The fourth-order valence-electron chi connectivity index (χ4n) is 3.59. The molecule has 1 aliphatic rings. The standard InChI is InChI=1S/C20H25N5O2/c1-15(13-25-11-5-9-22-25)12-21-20(26)24-10-4-6-16(14-24)19-23-17-7-2-3-8-18(17)27-19/h2-3,5,7-9,11,15-16H,4,6,10,12-14H2,1H3,(H,21,26). The number of nitrogens with one attached hydrogen (secondary N) is 1. The number of hydrogen-bond donors (Lipinski definition) is 1. The van der Waals surface area contributed by atoms with E-state index in [0.717, 1.165) is 42.9 Å². The van der Waals surface area contributed by atoms with Crippen molar-refractivity contribution in [2.24, 2.45) is 5.92 Å². The van der Waals surface area contributed by atoms with Gasteiger partial charge in [-0.05, 0) is 37.0 Å². The van der Waals surface area contributed by atoms with Gasteiger partial charge in [-0.3, -0.25) is 4.68 Å². The zero-order chi connectivity index (χ0) is 18.6. The minimum atomic E-state index is -0.0110. The Balaban J connectivity index is 1.32. The van der Waals surface area contributed by atoms with Crippen molar-refractivity contribution in [1.82, 2.24) is 25.0 Å². The number of oxazole rings is 1. The van der Waals surface area contributed by atoms with Crippen LogP contribution in [0, 0.1) is 5.92 Å². The number of rotatable bonds is 5. The van der Waals surface area contributed by atoms with Crippen molar-refractivity contribution >= 4 is 17.1 Å². The van der Waals surface area contributed by atoms with Crippen LogP contribution in [0.25, 0.3) is 11.1 Å². The van der Waals surface area contributed by atoms with Gasteiger partial charge in [-0.25, -0.2) is 9.78 Å². The topological polar surface area (TPSA) is 76.2 Å². The second kappa shape index (κ2) is 7.82. The fourth-order valence-corrected chi connectivity index (χ4v) is 3.59. The lowest BCUT2D eigenvalue weighted by atomic mass is 9.98. The molecule has 0 spiro atoms. The molecule has 3 aromatic rings. The first kappa shape index (κ1) is 17.6. The van der Waals surface area contributed by atoms with Crippen LogP contribution in [0.5, 0.6) is 0 Å². The summed E-state index contributed by atoms with van der Waals surface area (Å²) in [6.07, 6.45) is 5.66. The van der Waals surface area contributed by atoms with E-state index in [0.29, 0.717) is 19.0 Å². The van der Waals surface area contributed by atoms with Gasteiger partial charge in [-0.2, -0.15) is 5.10 Å². The van der Waals surface area contributed by atoms with Gasteiger partial charge < -0.3 is 14.6 Å². The lowest BCUT2D eigenvalue weighted by molar-refractivity contribution is 0.173. The van der Waals surface area contributed by atoms with Crippen LogP contribution < -0.4 is 5.32 Å². The van der Waals surface area contributed by atoms with Crippen LogP contribution >= 0.6 is 0 Å². The number of hydrogen-bond acceptors (Lipinski definition) is 4. The van der Waals surface area contributed by atoms with E-state index >= 15 is 0 Å². The average molecular weight is 367 g/mol. The predicted molar refractivity (Wildman–Crippen MR) is 102 cm³/mol. The van der Waals surface area contributed by atoms with Crippen molar-refractivity contribution in [1.29, 1.82) is 0 Å². The van der Waals surface area contributed by atoms with Gasteiger partial charge in [0, 0.05) is 38.6 Å². The second-order valence-electron chi connectivity index (χ2n) is 7.32. The molecule has 0 bridgehead atoms. The summed E-state index contributed by atoms with van der Waals surface area (Å²) in [4.78, 5) is 19.1. The highest BCUT2D eigenvalue weighted by atomic mass is 16.3. The molecule has 1 aromatic carbocycles. The summed E-state index contributed by atoms with van der Waals surface area (Å²) in [6, 6.07) is 9.69. The number of likely N-dealkylation sites (tertiary alicyclic amines) is 1. The van der Waals surface area contributed by atoms with Crippen molar-refractivity contribution < 1.29 is 9.21 Å². The highest BCUT2D eigenvalue weighted by molar-refractivity contribution is 5.74. The highest BCUT2D eigenvalue weighted by Crippen LogP contribution is 2.28. The summed E-state index contributed by atoms with van der Waals surface area (Å²) in [6.45, 7) is 4.95. The van der Waals surface area contributed by atoms with Gasteiger partial charge in [0.15, 0.2) is 11.5 Å². The summed E-state index contributed by atoms with van der Waals surface area (Å²) in [5.41, 5.74) is 1.68. The van der Waals surface area contributed by atoms with Crippen LogP contribution in [0.3, 0.4) is 0 Å². The van der Waals surface area contributed by atoms with Crippen molar-refractivity contribution in [2.75, 3.05) is 19.6 Å². The Labute approximate surface area is 158 Å². The number of carbonyl (C=O) groups excluding carboxylic acids is 1. The Hall–Kier alpha value is -2.83. The maximum absolute atomic E-state index is 12.6. The van der Waals surface area contributed by atoms with Crippen molar-refractivity contribution in [3.05, 3.63) is 48.6 Å². The van der Waals surface area contributed by atoms with Gasteiger partial charge in [0.2, 0.25) is 0 Å². The van der Waals surface area contributed by atoms with E-state index in [1.807, 2.05) is 46.1 Å². The number of piperidine rings is 1. The smallest absolute Gasteiger partial charge is 0.317 e. The maximum atomic E-state index is 12.6. The highest BCUT2D eigenvalue weighted by Gasteiger charge is 2.28. The van der Waals surface area contributed by atoms with Crippen LogP contribution in [0.2, 0.25) is 0 Å². The van der Waals surface area contributed by atoms with E-state index in [9.17, 15) is 4.79 Å². The molecule has 0 aliphatic carbocycles. The van der Waals surface area contributed by atoms with Crippen molar-refractivity contribution in [3.8, 4) is 0 Å². The van der Waals surface area contributed by atoms with E-state index in [2.05, 4.69) is 22.3 Å². The first-order valence-electron chi connectivity index (χ1n) is 9.54. The zero-order valence-electron chi connectivity index (χ0n) is 15.5. The number of urea groups is 1. The third kappa shape index (κ3) is 4.13. The minimum Gasteiger partial charge on any atom is -0.440 e. The van der Waals surface area contributed by atoms with Gasteiger partial charge >= 0.3 is 6.03 Å². The third-order valence-corrected chi connectivity index (χ3v) is 5.03. The molecule has 0 radical (unpaired) electrons. The van der Waals surface area contributed by atoms with E-state index < -0.39 is 0 Å². The molecule has 7 heteroatoms. The van der Waals surface area contributed by atoms with Crippen LogP contribution in [-0.2, 0) is 6.54 Å². The second-order valence-corrected chi connectivity index (χ2v) is 7.32. The molecular weight excluding hydrogens is 342 g/mol. The van der Waals surface area contributed by atoms with Gasteiger partial charge in [0.05, 0.1) is 5.92 Å². The quantitative estimate of drug-likeness (QED) is 0.751. The summed E-state index contributed by atoms with van der Waals surface area (Å²) >= 11 is 0. The molecule has 2 aromatic heterocycles. The summed E-state index contributed by atoms with van der Waals surface area (Å²) < 4.78 is 7.80. The van der Waals surface area contributed by atoms with Gasteiger partial charge in [-0.1, -0.05) is 19.1 Å². The summed E-state index contributed by atoms with van der Waals surface area (Å²) in [5, 5.41) is 7.27. The lowest BCUT2D eigenvalue weighted by Gasteiger charge is -2.31. The van der Waals surface area contributed by atoms with E-state index in [1.165, 1.54) is 0 Å². The van der Waals surface area contributed by atoms with Crippen molar-refractivity contribution in [2.45, 2.75) is 32.2 Å². The Morgan fingerprint density at radius 2 is 2.26 bits per heavy atom. The maximum Gasteiger partial charge on any atom is 0.317 e. The SMILES string of the molecule is CC(CNC(=O)N1CCCC(c2nc3ccccc3o2)C1)Cn1cccn1. The third-order valence-electron chi connectivity index (χ3n) is 5.03. The number of para-hydroxylation sites is 2. The van der Waals surface area contributed by atoms with Crippen LogP contribution in [-0.4, -0.2) is 45.3 Å². The molecule has 0 saturated carbocycles. The number of aromatic nitrogens is 3. The predicted octanol–water partition coefficient (Wildman–Crippen LogP) is 3.25. The molecule has 4 rings (SSSR count). The molecule has 142 valence electrons. The van der Waals surface area contributed by atoms with Crippen LogP contribution in [0.1, 0.15) is 31.6 Å². The van der Waals surface area contributed by atoms with Gasteiger partial charge in [0.1, 0.15) is 5.52 Å². The number of amides is 2. The van der Waals surface area contributed by atoms with Crippen LogP contribution in [0.4, 0.5) is 4.79 Å². The molecule has 2 atom stereocenters. The number of carbonyl (C=O) groups is 1. The molecule has 2 amide bonds. The normalized spacial score (nSPS) is 18.6. The summed E-state index contributed by atoms with van der Waals surface area (Å²) in [5.74, 6) is 1.20. The van der Waals surface area contributed by atoms with E-state index in [1.54, 1.807) is 6.20 Å². The van der Waals surface area contributed by atoms with Gasteiger partial charge in [-0.15, -0.1) is 0 Å². The largest absolute Gasteiger partial charge is 0.440 e. The van der Waals surface area contributed by atoms with Crippen molar-refractivity contribution in [3.63, 3.8) is 0 Å². The van der Waals surface area contributed by atoms with E-state index in [4.69, 9.17) is 4.42 Å². The zero-order valence-corrected chi connectivity index (χ0v) is 15.5. The Kier molecular flexibility index (Phi) is 5.09. The fraction of sp³-hybridized carbons (Fsp3) is 0.450. The monoisotopic (exact) mass is 367 g/mol. The van der Waals surface area contributed by atoms with Crippen LogP contribution in [0.15, 0.2) is 47.1 Å². The Bertz CT molecular complexity index is 856. The number of fused-ring (bicyclic) bond motifs is 1. The lowest BCUT2D eigenvalue weighted by Crippen LogP contribution is -2.46. The number of benzene rings is 1. The molecule has 7 nitrogen and oxygen atoms in total. The number of nitrogens with zero attached hydrogens (tertiary/aromatic N) is 4. The van der Waals surface area contributed by atoms with E-state index in [-0.39, 0.29) is 11.9 Å². The molecule has 27 heavy (non-hydrogen) atoms. The molecule has 1 aliphatic heterocycles. The summed E-state index contributed by atoms with van der Waals surface area (Å²) in [7, 11) is 0. The Morgan fingerprint density at radius 3 is 3.07 bits per heavy atom. The molecular formula is C20H25N5O2. The first-order valence-corrected chi connectivity index (χ1v) is 9.54. The molecule has 1 saturated heterocycles. The average Bonchev–Trinajstić information content (AvgIpc) is 3.35. The molecule has 3 heterocycles. The van der Waals surface area contributed by atoms with Gasteiger partial charge in [0.25, 0.3) is 0 Å².